The highest BCUT2D eigenvalue weighted by Crippen LogP contribution is 2.31. The molecular formula is C18H22Cl2N4O3. The van der Waals surface area contributed by atoms with E-state index < -0.39 is 5.91 Å². The molecule has 1 aromatic carbocycles. The Morgan fingerprint density at radius 2 is 1.93 bits per heavy atom. The Bertz CT molecular complexity index is 849. The van der Waals surface area contributed by atoms with E-state index in [9.17, 15) is 9.59 Å². The molecule has 27 heavy (non-hydrogen) atoms. The van der Waals surface area contributed by atoms with Gasteiger partial charge in [0.2, 0.25) is 0 Å². The van der Waals surface area contributed by atoms with Crippen LogP contribution in [-0.2, 0) is 0 Å². The van der Waals surface area contributed by atoms with Gasteiger partial charge in [0, 0.05) is 24.3 Å². The van der Waals surface area contributed by atoms with Gasteiger partial charge in [0.05, 0.1) is 21.8 Å². The van der Waals surface area contributed by atoms with Crippen LogP contribution in [0.3, 0.4) is 0 Å². The van der Waals surface area contributed by atoms with Crippen molar-refractivity contribution in [2.45, 2.75) is 26.9 Å². The molecule has 1 aromatic heterocycles. The number of rotatable bonds is 7. The first-order valence-electron chi connectivity index (χ1n) is 8.38. The topological polar surface area (TPSA) is 109 Å². The first kappa shape index (κ1) is 21.1. The fraction of sp³-hybridized carbons (Fsp3) is 0.333. The summed E-state index contributed by atoms with van der Waals surface area (Å²) >= 11 is 12.1. The van der Waals surface area contributed by atoms with Crippen LogP contribution >= 0.6 is 23.2 Å². The van der Waals surface area contributed by atoms with E-state index in [0.29, 0.717) is 40.8 Å². The number of halogens is 2. The minimum Gasteiger partial charge on any atom is -0.489 e. The van der Waals surface area contributed by atoms with Gasteiger partial charge in [-0.1, -0.05) is 23.2 Å². The Hall–Kier alpha value is -2.22. The monoisotopic (exact) mass is 412 g/mol. The zero-order chi connectivity index (χ0) is 20.1. The van der Waals surface area contributed by atoms with E-state index in [2.05, 4.69) is 15.6 Å². The Kier molecular flexibility index (Phi) is 7.12. The highest BCUT2D eigenvalue weighted by molar-refractivity contribution is 6.44. The molecule has 146 valence electrons. The number of carbonyl (C=O) groups excluding carboxylic acids is 2. The molecule has 0 aliphatic rings. The zero-order valence-electron chi connectivity index (χ0n) is 15.3. The van der Waals surface area contributed by atoms with Crippen molar-refractivity contribution < 1.29 is 14.3 Å². The number of H-pyrrole nitrogens is 1. The van der Waals surface area contributed by atoms with Crippen LogP contribution in [0.25, 0.3) is 0 Å². The number of ether oxygens (including phenoxy) is 1. The van der Waals surface area contributed by atoms with E-state index in [0.717, 1.165) is 0 Å². The standard InChI is InChI=1S/C18H22Cl2N4O3/c1-9(2)27-13-8-11(17(25)22-7-6-21)4-5-12(13)24-18(26)16-15(20)14(19)10(3)23-16/h4-5,8-9,23H,6-7,21H2,1-3H3,(H,22,25)(H,24,26). The maximum absolute atomic E-state index is 12.6. The Morgan fingerprint density at radius 3 is 2.48 bits per heavy atom. The summed E-state index contributed by atoms with van der Waals surface area (Å²) in [6.07, 6.45) is -0.159. The number of aromatic nitrogens is 1. The molecule has 0 fully saturated rings. The fourth-order valence-electron chi connectivity index (χ4n) is 2.32. The molecule has 0 bridgehead atoms. The normalized spacial score (nSPS) is 10.8. The summed E-state index contributed by atoms with van der Waals surface area (Å²) in [5, 5.41) is 5.87. The third-order valence-corrected chi connectivity index (χ3v) is 4.51. The Balaban J connectivity index is 2.30. The van der Waals surface area contributed by atoms with E-state index in [-0.39, 0.29) is 22.7 Å². The van der Waals surface area contributed by atoms with Crippen molar-refractivity contribution in [3.63, 3.8) is 0 Å². The van der Waals surface area contributed by atoms with Gasteiger partial charge in [-0.2, -0.15) is 0 Å². The van der Waals surface area contributed by atoms with E-state index in [1.54, 1.807) is 25.1 Å². The molecule has 0 aliphatic carbocycles. The van der Waals surface area contributed by atoms with Crippen LogP contribution in [0, 0.1) is 6.92 Å². The van der Waals surface area contributed by atoms with E-state index in [1.165, 1.54) is 0 Å². The lowest BCUT2D eigenvalue weighted by atomic mass is 10.1. The van der Waals surface area contributed by atoms with Gasteiger partial charge in [-0.15, -0.1) is 0 Å². The minimum absolute atomic E-state index is 0.149. The summed E-state index contributed by atoms with van der Waals surface area (Å²) < 4.78 is 5.75. The average Bonchev–Trinajstić information content (AvgIpc) is 2.88. The molecule has 1 heterocycles. The lowest BCUT2D eigenvalue weighted by molar-refractivity contribution is 0.0953. The van der Waals surface area contributed by atoms with Gasteiger partial charge < -0.3 is 26.1 Å². The molecule has 0 spiro atoms. The second kappa shape index (κ2) is 9.12. The minimum atomic E-state index is -0.469. The van der Waals surface area contributed by atoms with Crippen molar-refractivity contribution in [1.29, 1.82) is 0 Å². The van der Waals surface area contributed by atoms with Crippen molar-refractivity contribution in [2.75, 3.05) is 18.4 Å². The fourth-order valence-corrected chi connectivity index (χ4v) is 2.74. The Labute approximate surface area is 167 Å². The van der Waals surface area contributed by atoms with Gasteiger partial charge in [-0.05, 0) is 39.0 Å². The van der Waals surface area contributed by atoms with Crippen molar-refractivity contribution in [3.05, 3.63) is 45.2 Å². The first-order chi connectivity index (χ1) is 12.7. The molecular weight excluding hydrogens is 391 g/mol. The van der Waals surface area contributed by atoms with Gasteiger partial charge >= 0.3 is 0 Å². The van der Waals surface area contributed by atoms with Crippen LogP contribution in [-0.4, -0.2) is 36.0 Å². The molecule has 2 aromatic rings. The molecule has 2 amide bonds. The van der Waals surface area contributed by atoms with Crippen molar-refractivity contribution in [1.82, 2.24) is 10.3 Å². The molecule has 0 saturated heterocycles. The molecule has 2 rings (SSSR count). The number of hydrogen-bond acceptors (Lipinski definition) is 4. The molecule has 0 aliphatic heterocycles. The third kappa shape index (κ3) is 5.15. The number of hydrogen-bond donors (Lipinski definition) is 4. The largest absolute Gasteiger partial charge is 0.489 e. The third-order valence-electron chi connectivity index (χ3n) is 3.57. The van der Waals surface area contributed by atoms with Crippen molar-refractivity contribution in [3.8, 4) is 5.75 Å². The van der Waals surface area contributed by atoms with Gasteiger partial charge in [-0.3, -0.25) is 9.59 Å². The summed E-state index contributed by atoms with van der Waals surface area (Å²) in [6.45, 7) is 6.11. The van der Waals surface area contributed by atoms with Crippen LogP contribution in [0.2, 0.25) is 10.0 Å². The summed E-state index contributed by atoms with van der Waals surface area (Å²) in [4.78, 5) is 27.6. The highest BCUT2D eigenvalue weighted by Gasteiger charge is 2.20. The quantitative estimate of drug-likeness (QED) is 0.558. The van der Waals surface area contributed by atoms with E-state index in [4.69, 9.17) is 33.7 Å². The maximum atomic E-state index is 12.6. The second-order valence-electron chi connectivity index (χ2n) is 6.13. The zero-order valence-corrected chi connectivity index (χ0v) is 16.8. The summed E-state index contributed by atoms with van der Waals surface area (Å²) in [5.74, 6) is -0.380. The number of aromatic amines is 1. The predicted molar refractivity (Wildman–Crippen MR) is 107 cm³/mol. The Morgan fingerprint density at radius 1 is 1.22 bits per heavy atom. The van der Waals surface area contributed by atoms with Gasteiger partial charge in [0.1, 0.15) is 11.4 Å². The molecule has 0 atom stereocenters. The smallest absolute Gasteiger partial charge is 0.273 e. The predicted octanol–water partition coefficient (Wildman–Crippen LogP) is 3.36. The first-order valence-corrected chi connectivity index (χ1v) is 9.14. The lowest BCUT2D eigenvalue weighted by Gasteiger charge is -2.16. The van der Waals surface area contributed by atoms with Gasteiger partial charge in [0.15, 0.2) is 0 Å². The van der Waals surface area contributed by atoms with Gasteiger partial charge in [0.25, 0.3) is 11.8 Å². The van der Waals surface area contributed by atoms with E-state index >= 15 is 0 Å². The molecule has 9 heteroatoms. The molecule has 0 radical (unpaired) electrons. The number of amides is 2. The molecule has 7 nitrogen and oxygen atoms in total. The lowest BCUT2D eigenvalue weighted by Crippen LogP contribution is -2.29. The van der Waals surface area contributed by atoms with Crippen LogP contribution in [0.4, 0.5) is 5.69 Å². The molecule has 0 saturated carbocycles. The van der Waals surface area contributed by atoms with Crippen LogP contribution in [0.1, 0.15) is 40.4 Å². The second-order valence-corrected chi connectivity index (χ2v) is 6.89. The van der Waals surface area contributed by atoms with E-state index in [1.807, 2.05) is 13.8 Å². The number of anilines is 1. The molecule has 5 N–H and O–H groups in total. The number of carbonyl (C=O) groups is 2. The van der Waals surface area contributed by atoms with Crippen LogP contribution < -0.4 is 21.1 Å². The molecule has 0 unspecified atom stereocenters. The average molecular weight is 413 g/mol. The summed E-state index contributed by atoms with van der Waals surface area (Å²) in [7, 11) is 0. The summed E-state index contributed by atoms with van der Waals surface area (Å²) in [6, 6.07) is 4.75. The maximum Gasteiger partial charge on any atom is 0.273 e. The van der Waals surface area contributed by atoms with Crippen molar-refractivity contribution in [2.24, 2.45) is 5.73 Å². The number of benzene rings is 1. The SMILES string of the molecule is Cc1[nH]c(C(=O)Nc2ccc(C(=O)NCCN)cc2OC(C)C)c(Cl)c1Cl. The number of nitrogens with one attached hydrogen (secondary N) is 3. The van der Waals surface area contributed by atoms with Crippen LogP contribution in [0.5, 0.6) is 5.75 Å². The number of aryl methyl sites for hydroxylation is 1. The van der Waals surface area contributed by atoms with Crippen molar-refractivity contribution >= 4 is 40.7 Å². The van der Waals surface area contributed by atoms with Crippen LogP contribution in [0.15, 0.2) is 18.2 Å². The number of nitrogens with two attached hydrogens (primary N) is 1. The van der Waals surface area contributed by atoms with Gasteiger partial charge in [-0.25, -0.2) is 0 Å². The summed E-state index contributed by atoms with van der Waals surface area (Å²) in [5.41, 5.74) is 6.95. The highest BCUT2D eigenvalue weighted by atomic mass is 35.5.